The van der Waals surface area contributed by atoms with Crippen LogP contribution in [0.3, 0.4) is 0 Å². The zero-order valence-corrected chi connectivity index (χ0v) is 4.08. The molecule has 0 aliphatic heterocycles. The number of allylic oxidation sites excluding steroid dienone is 2. The van der Waals surface area contributed by atoms with Crippen LogP contribution in [0.2, 0.25) is 0 Å². The van der Waals surface area contributed by atoms with E-state index in [1.165, 1.54) is 0 Å². The summed E-state index contributed by atoms with van der Waals surface area (Å²) in [6.45, 7) is 6.72. The first-order valence-corrected chi connectivity index (χ1v) is 1.58. The first-order chi connectivity index (χ1) is 2.91. The highest BCUT2D eigenvalue weighted by molar-refractivity contribution is 6.06. The van der Waals surface area contributed by atoms with Gasteiger partial charge in [-0.05, 0) is 0 Å². The van der Waals surface area contributed by atoms with Crippen molar-refractivity contribution in [1.29, 1.82) is 0 Å². The Balaban J connectivity index is 0. The molecule has 0 fully saturated rings. The summed E-state index contributed by atoms with van der Waals surface area (Å²) < 4.78 is 8.97. The summed E-state index contributed by atoms with van der Waals surface area (Å²) in [5.41, 5.74) is 0. The molecule has 0 saturated heterocycles. The summed E-state index contributed by atoms with van der Waals surface area (Å²) in [4.78, 5) is 0. The Morgan fingerprint density at radius 2 is 1.33 bits per heavy atom. The second-order valence-corrected chi connectivity index (χ2v) is 0.471. The molecule has 6 heavy (non-hydrogen) atoms. The maximum absolute atomic E-state index is 8.97. The number of halogens is 2. The molecule has 0 aliphatic carbocycles. The lowest BCUT2D eigenvalue weighted by Crippen LogP contribution is -1.21. The minimum absolute atomic E-state index is 1.64. The van der Waals surface area contributed by atoms with Gasteiger partial charge in [0.2, 0.25) is 0 Å². The van der Waals surface area contributed by atoms with Crippen LogP contribution >= 0.6 is 12.0 Å². The van der Waals surface area contributed by atoms with Gasteiger partial charge >= 0.3 is 0 Å². The molecule has 0 radical (unpaired) electrons. The summed E-state index contributed by atoms with van der Waals surface area (Å²) in [7, 11) is 0. The minimum atomic E-state index is 1.64. The molecule has 2 heteroatoms. The van der Waals surface area contributed by atoms with Crippen molar-refractivity contribution in [2.24, 2.45) is 0 Å². The third-order valence-corrected chi connectivity index (χ3v) is 0.167. The van der Waals surface area contributed by atoms with Gasteiger partial charge in [0.1, 0.15) is 12.0 Å². The third kappa shape index (κ3) is 55.0. The third-order valence-electron chi connectivity index (χ3n) is 0.167. The van der Waals surface area contributed by atoms with Crippen molar-refractivity contribution in [2.45, 2.75) is 0 Å². The molecule has 0 heterocycles. The SMILES string of the molecule is C=CC=C.FCl. The van der Waals surface area contributed by atoms with Crippen molar-refractivity contribution in [2.75, 3.05) is 0 Å². The van der Waals surface area contributed by atoms with E-state index in [2.05, 4.69) is 25.1 Å². The molecular formula is C4H6ClF. The van der Waals surface area contributed by atoms with Gasteiger partial charge in [-0.1, -0.05) is 25.3 Å². The molecule has 0 N–H and O–H groups in total. The molecule has 0 rings (SSSR count). The minimum Gasteiger partial charge on any atom is -0.116 e. The zero-order chi connectivity index (χ0) is 5.41. The highest BCUT2D eigenvalue weighted by Crippen LogP contribution is 1.56. The van der Waals surface area contributed by atoms with Crippen molar-refractivity contribution in [3.05, 3.63) is 25.3 Å². The van der Waals surface area contributed by atoms with Gasteiger partial charge in [-0.3, -0.25) is 0 Å². The molecule has 0 aromatic heterocycles. The summed E-state index contributed by atoms with van der Waals surface area (Å²) in [5.74, 6) is 0. The van der Waals surface area contributed by atoms with E-state index >= 15 is 0 Å². The molecule has 0 spiro atoms. The molecule has 0 nitrogen and oxygen atoms in total. The lowest BCUT2D eigenvalue weighted by atomic mass is 10.6. The highest BCUT2D eigenvalue weighted by atomic mass is 35.5. The second-order valence-electron chi connectivity index (χ2n) is 0.471. The van der Waals surface area contributed by atoms with E-state index in [1.54, 1.807) is 12.2 Å². The average Bonchev–Trinajstić information content (AvgIpc) is 1.72. The monoisotopic (exact) mass is 108 g/mol. The van der Waals surface area contributed by atoms with Crippen LogP contribution < -0.4 is 0 Å². The van der Waals surface area contributed by atoms with Crippen molar-refractivity contribution >= 4 is 12.0 Å². The van der Waals surface area contributed by atoms with E-state index in [0.717, 1.165) is 0 Å². The van der Waals surface area contributed by atoms with Crippen LogP contribution in [0.15, 0.2) is 25.3 Å². The maximum atomic E-state index is 8.97. The molecule has 0 atom stereocenters. The fourth-order valence-electron chi connectivity index (χ4n) is 0. The lowest BCUT2D eigenvalue weighted by Gasteiger charge is -1.44. The summed E-state index contributed by atoms with van der Waals surface area (Å²) >= 11 is 3.14. The van der Waals surface area contributed by atoms with Crippen molar-refractivity contribution in [3.63, 3.8) is 0 Å². The smallest absolute Gasteiger partial charge is 0.116 e. The van der Waals surface area contributed by atoms with Gasteiger partial charge in [0.15, 0.2) is 0 Å². The van der Waals surface area contributed by atoms with E-state index in [1.807, 2.05) is 0 Å². The zero-order valence-electron chi connectivity index (χ0n) is 3.32. The van der Waals surface area contributed by atoms with E-state index in [0.29, 0.717) is 0 Å². The molecule has 0 bridgehead atoms. The molecule has 0 aliphatic rings. The van der Waals surface area contributed by atoms with Gasteiger partial charge in [0.25, 0.3) is 0 Å². The Bertz CT molecular complexity index is 28.5. The molecule has 36 valence electrons. The van der Waals surface area contributed by atoms with E-state index in [9.17, 15) is 0 Å². The fourth-order valence-corrected chi connectivity index (χ4v) is 0. The predicted molar refractivity (Wildman–Crippen MR) is 27.4 cm³/mol. The van der Waals surface area contributed by atoms with Crippen LogP contribution in [0.25, 0.3) is 0 Å². The normalized spacial score (nSPS) is 4.33. The molecular weight excluding hydrogens is 102 g/mol. The second kappa shape index (κ2) is 22.3. The standard InChI is InChI=1S/C4H6.ClF/c1-3-4-2;1-2/h3-4H,1-2H2;. The quantitative estimate of drug-likeness (QED) is 0.453. The van der Waals surface area contributed by atoms with Crippen LogP contribution in [-0.4, -0.2) is 0 Å². The van der Waals surface area contributed by atoms with Crippen molar-refractivity contribution < 1.29 is 3.98 Å². The van der Waals surface area contributed by atoms with Gasteiger partial charge in [0, 0.05) is 0 Å². The average molecular weight is 109 g/mol. The predicted octanol–water partition coefficient (Wildman–Crippen LogP) is 2.47. The Hall–Kier alpha value is -0.300. The van der Waals surface area contributed by atoms with Crippen molar-refractivity contribution in [3.8, 4) is 0 Å². The van der Waals surface area contributed by atoms with E-state index in [-0.39, 0.29) is 0 Å². The highest BCUT2D eigenvalue weighted by Gasteiger charge is 1.29. The Morgan fingerprint density at radius 3 is 1.33 bits per heavy atom. The Morgan fingerprint density at radius 1 is 1.17 bits per heavy atom. The largest absolute Gasteiger partial charge is 0.116 e. The molecule has 0 aromatic rings. The molecule has 0 amide bonds. The number of rotatable bonds is 1. The van der Waals surface area contributed by atoms with Crippen LogP contribution in [-0.2, 0) is 0 Å². The Kier molecular flexibility index (Phi) is 34.1. The molecule has 0 unspecified atom stereocenters. The summed E-state index contributed by atoms with van der Waals surface area (Å²) in [6.07, 6.45) is 3.28. The van der Waals surface area contributed by atoms with Gasteiger partial charge in [-0.25, -0.2) is 0 Å². The van der Waals surface area contributed by atoms with Crippen LogP contribution in [0.1, 0.15) is 0 Å². The molecule has 0 saturated carbocycles. The van der Waals surface area contributed by atoms with Gasteiger partial charge < -0.3 is 0 Å². The first kappa shape index (κ1) is 9.20. The van der Waals surface area contributed by atoms with E-state index in [4.69, 9.17) is 3.98 Å². The van der Waals surface area contributed by atoms with E-state index < -0.39 is 0 Å². The summed E-state index contributed by atoms with van der Waals surface area (Å²) in [6, 6.07) is 0. The van der Waals surface area contributed by atoms with Gasteiger partial charge in [0.05, 0.1) is 0 Å². The van der Waals surface area contributed by atoms with Crippen molar-refractivity contribution in [1.82, 2.24) is 0 Å². The number of hydrogen-bond acceptors (Lipinski definition) is 0. The molecule has 0 aromatic carbocycles. The lowest BCUT2D eigenvalue weighted by molar-refractivity contribution is 0.906. The Labute approximate surface area is 42.2 Å². The topological polar surface area (TPSA) is 0 Å². The first-order valence-electron chi connectivity index (χ1n) is 1.29. The van der Waals surface area contributed by atoms with Crippen LogP contribution in [0.4, 0.5) is 3.98 Å². The van der Waals surface area contributed by atoms with Gasteiger partial charge in [-0.2, -0.15) is 0 Å². The fraction of sp³-hybridized carbons (Fsp3) is 0. The van der Waals surface area contributed by atoms with Gasteiger partial charge in [-0.15, -0.1) is 3.98 Å². The van der Waals surface area contributed by atoms with Crippen LogP contribution in [0, 0.1) is 0 Å². The number of hydrogen-bond donors (Lipinski definition) is 0. The maximum Gasteiger partial charge on any atom is 0.116 e. The van der Waals surface area contributed by atoms with Crippen LogP contribution in [0.5, 0.6) is 0 Å². The summed E-state index contributed by atoms with van der Waals surface area (Å²) in [5, 5.41) is 0.